The van der Waals surface area contributed by atoms with E-state index in [1.165, 1.54) is 23.1 Å². The van der Waals surface area contributed by atoms with E-state index in [-0.39, 0.29) is 5.91 Å². The molecule has 24 heavy (non-hydrogen) atoms. The molecule has 0 aliphatic heterocycles. The van der Waals surface area contributed by atoms with Crippen molar-refractivity contribution in [1.82, 2.24) is 4.57 Å². The Bertz CT molecular complexity index is 907. The number of carbonyl (C=O) groups excluding carboxylic acids is 1. The van der Waals surface area contributed by atoms with Crippen LogP contribution in [0.25, 0.3) is 10.9 Å². The van der Waals surface area contributed by atoms with Crippen LogP contribution in [0, 0.1) is 0 Å². The molecule has 4 rings (SSSR count). The van der Waals surface area contributed by atoms with Crippen molar-refractivity contribution in [2.75, 3.05) is 6.61 Å². The summed E-state index contributed by atoms with van der Waals surface area (Å²) in [4.78, 5) is 13.4. The van der Waals surface area contributed by atoms with Crippen molar-refractivity contribution in [1.29, 1.82) is 0 Å². The molecule has 1 aromatic heterocycles. The Morgan fingerprint density at radius 1 is 1.04 bits per heavy atom. The van der Waals surface area contributed by atoms with Gasteiger partial charge in [0, 0.05) is 11.1 Å². The predicted molar refractivity (Wildman–Crippen MR) is 95.9 cm³/mol. The van der Waals surface area contributed by atoms with Crippen LogP contribution in [-0.4, -0.2) is 17.1 Å². The summed E-state index contributed by atoms with van der Waals surface area (Å²) in [6.45, 7) is 2.49. The van der Waals surface area contributed by atoms with Gasteiger partial charge in [-0.25, -0.2) is 0 Å². The molecule has 0 saturated heterocycles. The second-order valence-electron chi connectivity index (χ2n) is 6.22. The van der Waals surface area contributed by atoms with Gasteiger partial charge in [-0.05, 0) is 56.4 Å². The molecule has 122 valence electrons. The van der Waals surface area contributed by atoms with Crippen LogP contribution in [0.4, 0.5) is 0 Å². The second-order valence-corrected chi connectivity index (χ2v) is 6.22. The van der Waals surface area contributed by atoms with Gasteiger partial charge in [-0.1, -0.05) is 30.3 Å². The molecule has 0 saturated carbocycles. The van der Waals surface area contributed by atoms with Crippen LogP contribution >= 0.6 is 0 Å². The van der Waals surface area contributed by atoms with E-state index in [2.05, 4.69) is 18.2 Å². The van der Waals surface area contributed by atoms with Gasteiger partial charge in [0.25, 0.3) is 5.91 Å². The monoisotopic (exact) mass is 319 g/mol. The van der Waals surface area contributed by atoms with Gasteiger partial charge in [0.2, 0.25) is 0 Å². The Kier molecular flexibility index (Phi) is 3.85. The lowest BCUT2D eigenvalue weighted by Crippen LogP contribution is -2.18. The molecule has 1 aliphatic carbocycles. The first-order chi connectivity index (χ1) is 11.8. The highest BCUT2D eigenvalue weighted by Crippen LogP contribution is 2.33. The number of hydrogen-bond donors (Lipinski definition) is 0. The second kappa shape index (κ2) is 6.16. The normalized spacial score (nSPS) is 13.7. The Labute approximate surface area is 141 Å². The Balaban J connectivity index is 1.92. The van der Waals surface area contributed by atoms with Gasteiger partial charge in [0.05, 0.1) is 17.7 Å². The number of benzene rings is 2. The topological polar surface area (TPSA) is 31.2 Å². The molecule has 0 spiro atoms. The smallest absolute Gasteiger partial charge is 0.266 e. The van der Waals surface area contributed by atoms with E-state index in [0.717, 1.165) is 24.8 Å². The van der Waals surface area contributed by atoms with Crippen LogP contribution in [0.2, 0.25) is 0 Å². The quantitative estimate of drug-likeness (QED) is 0.706. The lowest BCUT2D eigenvalue weighted by molar-refractivity contribution is 0.0957. The fourth-order valence-corrected chi connectivity index (χ4v) is 3.77. The number of carbonyl (C=O) groups is 1. The van der Waals surface area contributed by atoms with Crippen LogP contribution < -0.4 is 4.74 Å². The fraction of sp³-hybridized carbons (Fsp3) is 0.286. The molecule has 3 heteroatoms. The number of fused-ring (bicyclic) bond motifs is 3. The summed E-state index contributed by atoms with van der Waals surface area (Å²) in [6.07, 6.45) is 4.37. The summed E-state index contributed by atoms with van der Waals surface area (Å²) < 4.78 is 7.60. The van der Waals surface area contributed by atoms with Crippen LogP contribution in [0.1, 0.15) is 41.4 Å². The molecule has 1 aliphatic rings. The van der Waals surface area contributed by atoms with Gasteiger partial charge in [-0.15, -0.1) is 0 Å². The van der Waals surface area contributed by atoms with Crippen LogP contribution in [0.3, 0.4) is 0 Å². The molecule has 2 aromatic carbocycles. The Morgan fingerprint density at radius 3 is 2.67 bits per heavy atom. The molecular formula is C21H21NO2. The minimum absolute atomic E-state index is 0.0124. The summed E-state index contributed by atoms with van der Waals surface area (Å²) in [5.41, 5.74) is 4.17. The van der Waals surface area contributed by atoms with Gasteiger partial charge in [-0.3, -0.25) is 9.36 Å². The molecule has 0 fully saturated rings. The molecule has 1 heterocycles. The number of ether oxygens (including phenoxy) is 1. The Morgan fingerprint density at radius 2 is 1.79 bits per heavy atom. The van der Waals surface area contributed by atoms with E-state index in [9.17, 15) is 4.79 Å². The molecule has 0 radical (unpaired) electrons. The van der Waals surface area contributed by atoms with E-state index < -0.39 is 0 Å². The van der Waals surface area contributed by atoms with Gasteiger partial charge in [0.1, 0.15) is 5.75 Å². The maximum atomic E-state index is 13.4. The molecule has 0 unspecified atom stereocenters. The fourth-order valence-electron chi connectivity index (χ4n) is 3.77. The summed E-state index contributed by atoms with van der Waals surface area (Å²) >= 11 is 0. The number of aryl methyl sites for hydroxylation is 1. The molecular weight excluding hydrogens is 298 g/mol. The van der Waals surface area contributed by atoms with Crippen LogP contribution in [-0.2, 0) is 12.8 Å². The predicted octanol–water partition coefficient (Wildman–Crippen LogP) is 4.61. The minimum Gasteiger partial charge on any atom is -0.493 e. The third kappa shape index (κ3) is 2.32. The van der Waals surface area contributed by atoms with E-state index >= 15 is 0 Å². The van der Waals surface area contributed by atoms with E-state index in [4.69, 9.17) is 4.74 Å². The van der Waals surface area contributed by atoms with Gasteiger partial charge < -0.3 is 4.74 Å². The first kappa shape index (κ1) is 15.0. The van der Waals surface area contributed by atoms with Crippen LogP contribution in [0.15, 0.2) is 48.5 Å². The number of aromatic nitrogens is 1. The van der Waals surface area contributed by atoms with Gasteiger partial charge >= 0.3 is 0 Å². The van der Waals surface area contributed by atoms with Crippen molar-refractivity contribution in [3.05, 3.63) is 65.4 Å². The summed E-state index contributed by atoms with van der Waals surface area (Å²) in [5, 5.41) is 1.22. The highest BCUT2D eigenvalue weighted by Gasteiger charge is 2.25. The maximum absolute atomic E-state index is 13.4. The van der Waals surface area contributed by atoms with E-state index in [1.54, 1.807) is 0 Å². The highest BCUT2D eigenvalue weighted by atomic mass is 16.5. The van der Waals surface area contributed by atoms with Crippen molar-refractivity contribution in [3.63, 3.8) is 0 Å². The zero-order valence-electron chi connectivity index (χ0n) is 13.9. The summed E-state index contributed by atoms with van der Waals surface area (Å²) in [6, 6.07) is 15.8. The van der Waals surface area contributed by atoms with E-state index in [0.29, 0.717) is 17.9 Å². The SMILES string of the molecule is CCOc1ccccc1C(=O)n1c2c(c3ccccc31)CCCC2. The summed E-state index contributed by atoms with van der Waals surface area (Å²) in [5.74, 6) is 0.672. The minimum atomic E-state index is 0.0124. The molecule has 3 aromatic rings. The average molecular weight is 319 g/mol. The number of rotatable bonds is 3. The largest absolute Gasteiger partial charge is 0.493 e. The van der Waals surface area contributed by atoms with Crippen molar-refractivity contribution in [2.24, 2.45) is 0 Å². The van der Waals surface area contributed by atoms with Crippen molar-refractivity contribution in [2.45, 2.75) is 32.6 Å². The van der Waals surface area contributed by atoms with Crippen molar-refractivity contribution >= 4 is 16.8 Å². The maximum Gasteiger partial charge on any atom is 0.266 e. The zero-order chi connectivity index (χ0) is 16.5. The molecule has 0 bridgehead atoms. The molecule has 0 amide bonds. The lowest BCUT2D eigenvalue weighted by Gasteiger charge is -2.16. The lowest BCUT2D eigenvalue weighted by atomic mass is 9.95. The highest BCUT2D eigenvalue weighted by molar-refractivity contribution is 6.05. The number of nitrogens with zero attached hydrogens (tertiary/aromatic N) is 1. The number of hydrogen-bond acceptors (Lipinski definition) is 2. The van der Waals surface area contributed by atoms with Crippen molar-refractivity contribution < 1.29 is 9.53 Å². The Hall–Kier alpha value is -2.55. The third-order valence-corrected chi connectivity index (χ3v) is 4.80. The molecule has 3 nitrogen and oxygen atoms in total. The van der Waals surface area contributed by atoms with Crippen molar-refractivity contribution in [3.8, 4) is 5.75 Å². The average Bonchev–Trinajstić information content (AvgIpc) is 2.96. The summed E-state index contributed by atoms with van der Waals surface area (Å²) in [7, 11) is 0. The van der Waals surface area contributed by atoms with Gasteiger partial charge in [0.15, 0.2) is 0 Å². The van der Waals surface area contributed by atoms with Crippen LogP contribution in [0.5, 0.6) is 5.75 Å². The third-order valence-electron chi connectivity index (χ3n) is 4.80. The first-order valence-corrected chi connectivity index (χ1v) is 8.69. The molecule has 0 atom stereocenters. The first-order valence-electron chi connectivity index (χ1n) is 8.69. The van der Waals surface area contributed by atoms with Gasteiger partial charge in [-0.2, -0.15) is 0 Å². The standard InChI is InChI=1S/C21H21NO2/c1-2-24-20-14-8-5-11-17(20)21(23)22-18-12-6-3-9-15(18)16-10-4-7-13-19(16)22/h3,5-6,8-9,11-12,14H,2,4,7,10,13H2,1H3. The molecule has 0 N–H and O–H groups in total. The van der Waals surface area contributed by atoms with E-state index in [1.807, 2.05) is 41.8 Å². The number of para-hydroxylation sites is 2. The zero-order valence-corrected chi connectivity index (χ0v) is 13.9.